The van der Waals surface area contributed by atoms with Crippen molar-refractivity contribution >= 4 is 21.7 Å². The van der Waals surface area contributed by atoms with E-state index in [-0.39, 0.29) is 11.3 Å². The van der Waals surface area contributed by atoms with E-state index in [1.165, 1.54) is 24.3 Å². The third kappa shape index (κ3) is 4.88. The minimum atomic E-state index is -4.74. The van der Waals surface area contributed by atoms with Crippen LogP contribution in [0.25, 0.3) is 0 Å². The quantitative estimate of drug-likeness (QED) is 0.561. The molecule has 0 amide bonds. The number of benzene rings is 2. The van der Waals surface area contributed by atoms with E-state index in [9.17, 15) is 30.8 Å². The highest BCUT2D eigenvalue weighted by molar-refractivity contribution is 7.92. The van der Waals surface area contributed by atoms with Crippen molar-refractivity contribution in [2.45, 2.75) is 17.4 Å². The van der Waals surface area contributed by atoms with E-state index in [4.69, 9.17) is 0 Å². The summed E-state index contributed by atoms with van der Waals surface area (Å²) >= 11 is 0. The molecule has 0 saturated carbocycles. The third-order valence-corrected chi connectivity index (χ3v) is 4.62. The van der Waals surface area contributed by atoms with E-state index in [2.05, 4.69) is 14.2 Å². The molecule has 0 radical (unpaired) electrons. The van der Waals surface area contributed by atoms with Crippen LogP contribution >= 0.6 is 0 Å². The number of anilines is 1. The Morgan fingerprint density at radius 2 is 1.78 bits per heavy atom. The van der Waals surface area contributed by atoms with Crippen molar-refractivity contribution in [2.24, 2.45) is 0 Å². The number of sulfonamides is 1. The van der Waals surface area contributed by atoms with Gasteiger partial charge in [-0.15, -0.1) is 0 Å². The van der Waals surface area contributed by atoms with Gasteiger partial charge in [0, 0.05) is 6.07 Å². The topological polar surface area (TPSA) is 81.7 Å². The van der Waals surface area contributed by atoms with Gasteiger partial charge in [0.2, 0.25) is 0 Å². The lowest BCUT2D eigenvalue weighted by Gasteiger charge is -2.17. The predicted octanol–water partition coefficient (Wildman–Crippen LogP) is 3.51. The van der Waals surface area contributed by atoms with Crippen molar-refractivity contribution in [3.05, 3.63) is 54.1 Å². The number of hydrogen-bond acceptors (Lipinski definition) is 5. The van der Waals surface area contributed by atoms with Crippen LogP contribution in [0.1, 0.15) is 10.4 Å². The van der Waals surface area contributed by atoms with Crippen LogP contribution in [0.15, 0.2) is 53.4 Å². The maximum atomic E-state index is 13.0. The molecule has 0 aliphatic heterocycles. The van der Waals surface area contributed by atoms with Gasteiger partial charge in [-0.05, 0) is 24.3 Å². The van der Waals surface area contributed by atoms with Gasteiger partial charge in [-0.1, -0.05) is 18.2 Å². The number of hydrogen-bond donors (Lipinski definition) is 1. The van der Waals surface area contributed by atoms with Crippen LogP contribution < -0.4 is 9.46 Å². The highest BCUT2D eigenvalue weighted by Crippen LogP contribution is 2.29. The number of carbonyl (C=O) groups excluding carboxylic acids is 1. The van der Waals surface area contributed by atoms with Gasteiger partial charge in [0.25, 0.3) is 10.0 Å². The summed E-state index contributed by atoms with van der Waals surface area (Å²) in [6.45, 7) is 0. The average Bonchev–Trinajstić information content (AvgIpc) is 2.60. The lowest BCUT2D eigenvalue weighted by Crippen LogP contribution is -2.33. The molecule has 2 aromatic carbocycles. The molecule has 2 aromatic rings. The molecule has 0 atom stereocenters. The Kier molecular flexibility index (Phi) is 5.94. The molecule has 0 heterocycles. The fourth-order valence-electron chi connectivity index (χ4n) is 2.01. The van der Waals surface area contributed by atoms with Gasteiger partial charge in [0.1, 0.15) is 10.6 Å². The van der Waals surface area contributed by atoms with Crippen molar-refractivity contribution in [3.63, 3.8) is 0 Å². The highest BCUT2D eigenvalue weighted by atomic mass is 32.2. The van der Waals surface area contributed by atoms with Crippen LogP contribution in [0, 0.1) is 0 Å². The zero-order valence-corrected chi connectivity index (χ0v) is 14.5. The monoisotopic (exact) mass is 407 g/mol. The van der Waals surface area contributed by atoms with E-state index in [1.807, 2.05) is 0 Å². The summed E-state index contributed by atoms with van der Waals surface area (Å²) in [6, 6.07) is 9.22. The van der Waals surface area contributed by atoms with Crippen LogP contribution in [-0.4, -0.2) is 34.0 Å². The lowest BCUT2D eigenvalue weighted by molar-refractivity contribution is -0.253. The van der Waals surface area contributed by atoms with Gasteiger partial charge in [0.15, 0.2) is 0 Å². The number of carbonyl (C=O) groups is 1. The van der Waals surface area contributed by atoms with Gasteiger partial charge in [-0.3, -0.25) is 4.72 Å². The van der Waals surface area contributed by atoms with E-state index in [1.54, 1.807) is 0 Å². The third-order valence-electron chi connectivity index (χ3n) is 3.18. The van der Waals surface area contributed by atoms with Gasteiger partial charge < -0.3 is 9.47 Å². The molecule has 6 nitrogen and oxygen atoms in total. The van der Waals surface area contributed by atoms with Crippen molar-refractivity contribution in [1.29, 1.82) is 0 Å². The minimum absolute atomic E-state index is 0.239. The van der Waals surface area contributed by atoms with Crippen LogP contribution in [-0.2, 0) is 14.8 Å². The first-order valence-corrected chi connectivity index (χ1v) is 8.70. The summed E-state index contributed by atoms with van der Waals surface area (Å²) in [7, 11) is -3.25. The molecule has 0 fully saturated rings. The molecule has 0 unspecified atom stereocenters. The highest BCUT2D eigenvalue weighted by Gasteiger charge is 2.44. The predicted molar refractivity (Wildman–Crippen MR) is 86.6 cm³/mol. The summed E-state index contributed by atoms with van der Waals surface area (Å²) in [6.07, 6.45) is -8.81. The zero-order valence-electron chi connectivity index (χ0n) is 13.7. The summed E-state index contributed by atoms with van der Waals surface area (Å²) in [5.74, 6) is -1.58. The number of halogens is 4. The van der Waals surface area contributed by atoms with Gasteiger partial charge in [-0.2, -0.15) is 17.6 Å². The molecule has 0 spiro atoms. The second-order valence-electron chi connectivity index (χ2n) is 5.09. The van der Waals surface area contributed by atoms with Gasteiger partial charge in [-0.25, -0.2) is 13.2 Å². The molecule has 27 heavy (non-hydrogen) atoms. The van der Waals surface area contributed by atoms with Crippen LogP contribution in [0.3, 0.4) is 0 Å². The van der Waals surface area contributed by atoms with Crippen molar-refractivity contribution in [2.75, 3.05) is 11.8 Å². The average molecular weight is 407 g/mol. The van der Waals surface area contributed by atoms with Crippen molar-refractivity contribution < 1.29 is 40.2 Å². The largest absolute Gasteiger partial charge is 0.465 e. The molecular weight excluding hydrogens is 394 g/mol. The standard InChI is InChI=1S/C16H13F4NO5S/c1-25-14(22)12-7-2-3-8-13(12)27(23,24)21-10-5-4-6-11(9-10)26-16(19,20)15(17)18/h2-9,15,21H,1H3. The van der Waals surface area contributed by atoms with Crippen molar-refractivity contribution in [3.8, 4) is 5.75 Å². The summed E-state index contributed by atoms with van der Waals surface area (Å²) < 4.78 is 85.9. The Balaban J connectivity index is 2.32. The molecule has 11 heteroatoms. The maximum Gasteiger partial charge on any atom is 0.461 e. The molecule has 1 N–H and O–H groups in total. The number of rotatable bonds is 7. The minimum Gasteiger partial charge on any atom is -0.465 e. The van der Waals surface area contributed by atoms with Gasteiger partial charge in [0.05, 0.1) is 18.4 Å². The lowest BCUT2D eigenvalue weighted by atomic mass is 10.2. The first kappa shape index (κ1) is 20.5. The summed E-state index contributed by atoms with van der Waals surface area (Å²) in [5.41, 5.74) is -0.485. The fraction of sp³-hybridized carbons (Fsp3) is 0.188. The van der Waals surface area contributed by atoms with E-state index in [0.717, 1.165) is 31.4 Å². The summed E-state index contributed by atoms with van der Waals surface area (Å²) in [5, 5.41) is 0. The molecule has 0 saturated heterocycles. The molecule has 0 aliphatic carbocycles. The second kappa shape index (κ2) is 7.82. The van der Waals surface area contributed by atoms with E-state index < -0.39 is 39.2 Å². The number of esters is 1. The Morgan fingerprint density at radius 3 is 2.41 bits per heavy atom. The van der Waals surface area contributed by atoms with Gasteiger partial charge >= 0.3 is 18.5 Å². The molecule has 146 valence electrons. The first-order valence-electron chi connectivity index (χ1n) is 7.22. The zero-order chi connectivity index (χ0) is 20.2. The molecule has 0 aliphatic rings. The molecule has 0 bridgehead atoms. The number of alkyl halides is 4. The van der Waals surface area contributed by atoms with Crippen LogP contribution in [0.5, 0.6) is 5.75 Å². The number of ether oxygens (including phenoxy) is 2. The Labute approximate surface area is 151 Å². The number of methoxy groups -OCH3 is 1. The Bertz CT molecular complexity index is 934. The second-order valence-corrected chi connectivity index (χ2v) is 6.74. The number of nitrogens with one attached hydrogen (secondary N) is 1. The fourth-order valence-corrected chi connectivity index (χ4v) is 3.26. The van der Waals surface area contributed by atoms with Crippen LogP contribution in [0.4, 0.5) is 23.2 Å². The van der Waals surface area contributed by atoms with Crippen LogP contribution in [0.2, 0.25) is 0 Å². The SMILES string of the molecule is COC(=O)c1ccccc1S(=O)(=O)Nc1cccc(OC(F)(F)C(F)F)c1. The smallest absolute Gasteiger partial charge is 0.461 e. The molecular formula is C16H13F4NO5S. The summed E-state index contributed by atoms with van der Waals surface area (Å²) in [4.78, 5) is 11.3. The Hall–Kier alpha value is -2.82. The maximum absolute atomic E-state index is 13.0. The van der Waals surface area contributed by atoms with E-state index >= 15 is 0 Å². The Morgan fingerprint density at radius 1 is 1.11 bits per heavy atom. The molecule has 2 rings (SSSR count). The molecule has 0 aromatic heterocycles. The normalized spacial score (nSPS) is 11.9. The first-order chi connectivity index (χ1) is 12.6. The van der Waals surface area contributed by atoms with E-state index in [0.29, 0.717) is 0 Å². The van der Waals surface area contributed by atoms with Crippen molar-refractivity contribution in [1.82, 2.24) is 0 Å².